The van der Waals surface area contributed by atoms with Crippen LogP contribution < -0.4 is 0 Å². The number of ether oxygens (including phenoxy) is 1. The summed E-state index contributed by atoms with van der Waals surface area (Å²) in [6, 6.07) is 5.95. The predicted molar refractivity (Wildman–Crippen MR) is 108 cm³/mol. The maximum Gasteiger partial charge on any atom is 0.267 e. The zero-order chi connectivity index (χ0) is 19.1. The molecule has 142 valence electrons. The molecular weight excluding hydrogens is 346 g/mol. The number of rotatable bonds is 10. The standard InChI is InChI=1S/C21H29NO3S/c1-5-7-12-25-13-8-11-22-20(23)18(19(21(22)24)26-6-2)17-10-9-15(3)16(4)14-17/h9-10,14H,5-8,11-13H2,1-4H3. The number of benzene rings is 1. The van der Waals surface area contributed by atoms with Crippen molar-refractivity contribution in [1.29, 1.82) is 0 Å². The highest BCUT2D eigenvalue weighted by molar-refractivity contribution is 8.04. The van der Waals surface area contributed by atoms with Gasteiger partial charge in [0, 0.05) is 19.8 Å². The molecule has 0 spiro atoms. The molecule has 0 atom stereocenters. The summed E-state index contributed by atoms with van der Waals surface area (Å²) in [4.78, 5) is 27.7. The van der Waals surface area contributed by atoms with Gasteiger partial charge >= 0.3 is 0 Å². The number of carbonyl (C=O) groups is 2. The van der Waals surface area contributed by atoms with E-state index in [-0.39, 0.29) is 11.8 Å². The number of imide groups is 1. The van der Waals surface area contributed by atoms with Crippen LogP contribution in [0.15, 0.2) is 23.1 Å². The third kappa shape index (κ3) is 4.77. The number of thioether (sulfide) groups is 1. The number of unbranched alkanes of at least 4 members (excludes halogenated alkanes) is 1. The van der Waals surface area contributed by atoms with Gasteiger partial charge in [-0.05, 0) is 49.1 Å². The van der Waals surface area contributed by atoms with Crippen LogP contribution in [0.2, 0.25) is 0 Å². The van der Waals surface area contributed by atoms with E-state index in [1.165, 1.54) is 22.2 Å². The molecule has 1 heterocycles. The van der Waals surface area contributed by atoms with Crippen LogP contribution in [0, 0.1) is 13.8 Å². The molecule has 0 aromatic heterocycles. The summed E-state index contributed by atoms with van der Waals surface area (Å²) >= 11 is 1.45. The fraction of sp³-hybridized carbons (Fsp3) is 0.524. The molecular formula is C21H29NO3S. The van der Waals surface area contributed by atoms with Crippen molar-refractivity contribution in [3.8, 4) is 0 Å². The van der Waals surface area contributed by atoms with Gasteiger partial charge in [0.25, 0.3) is 11.8 Å². The average molecular weight is 376 g/mol. The number of hydrogen-bond acceptors (Lipinski definition) is 4. The summed E-state index contributed by atoms with van der Waals surface area (Å²) in [5.74, 6) is 0.419. The normalized spacial score (nSPS) is 14.7. The Morgan fingerprint density at radius 2 is 1.73 bits per heavy atom. The second-order valence-corrected chi connectivity index (χ2v) is 7.79. The number of amides is 2. The quantitative estimate of drug-likeness (QED) is 0.451. The Labute approximate surface area is 161 Å². The minimum Gasteiger partial charge on any atom is -0.381 e. The molecule has 0 bridgehead atoms. The Morgan fingerprint density at radius 1 is 1.00 bits per heavy atom. The average Bonchev–Trinajstić information content (AvgIpc) is 2.85. The van der Waals surface area contributed by atoms with Gasteiger partial charge in [-0.15, -0.1) is 11.8 Å². The Morgan fingerprint density at radius 3 is 2.38 bits per heavy atom. The molecule has 0 saturated heterocycles. The van der Waals surface area contributed by atoms with Gasteiger partial charge in [0.1, 0.15) is 0 Å². The zero-order valence-electron chi connectivity index (χ0n) is 16.3. The SMILES string of the molecule is CCCCOCCCN1C(=O)C(SCC)=C(c2ccc(C)c(C)c2)C1=O. The first-order valence-corrected chi connectivity index (χ1v) is 10.4. The van der Waals surface area contributed by atoms with Gasteiger partial charge in [-0.2, -0.15) is 0 Å². The number of aryl methyl sites for hydroxylation is 2. The maximum absolute atomic E-state index is 13.0. The topological polar surface area (TPSA) is 46.6 Å². The smallest absolute Gasteiger partial charge is 0.267 e. The predicted octanol–water partition coefficient (Wildman–Crippen LogP) is 4.34. The summed E-state index contributed by atoms with van der Waals surface area (Å²) in [6.45, 7) is 9.91. The van der Waals surface area contributed by atoms with Crippen molar-refractivity contribution in [2.24, 2.45) is 0 Å². The van der Waals surface area contributed by atoms with Gasteiger partial charge in [-0.1, -0.05) is 38.5 Å². The Balaban J connectivity index is 2.13. The van der Waals surface area contributed by atoms with Gasteiger partial charge in [0.2, 0.25) is 0 Å². The van der Waals surface area contributed by atoms with E-state index < -0.39 is 0 Å². The van der Waals surface area contributed by atoms with Crippen LogP contribution in [0.1, 0.15) is 49.8 Å². The fourth-order valence-electron chi connectivity index (χ4n) is 2.86. The van der Waals surface area contributed by atoms with Gasteiger partial charge in [0.05, 0.1) is 10.5 Å². The first-order chi connectivity index (χ1) is 12.5. The summed E-state index contributed by atoms with van der Waals surface area (Å²) in [5.41, 5.74) is 3.69. The first-order valence-electron chi connectivity index (χ1n) is 9.39. The van der Waals surface area contributed by atoms with Crippen LogP contribution in [-0.4, -0.2) is 42.2 Å². The van der Waals surface area contributed by atoms with E-state index in [9.17, 15) is 9.59 Å². The van der Waals surface area contributed by atoms with E-state index in [1.807, 2.05) is 39.0 Å². The van der Waals surface area contributed by atoms with Crippen LogP contribution >= 0.6 is 11.8 Å². The van der Waals surface area contributed by atoms with Crippen LogP contribution in [-0.2, 0) is 14.3 Å². The van der Waals surface area contributed by atoms with E-state index in [4.69, 9.17) is 4.74 Å². The van der Waals surface area contributed by atoms with E-state index in [2.05, 4.69) is 6.92 Å². The lowest BCUT2D eigenvalue weighted by atomic mass is 10.0. The van der Waals surface area contributed by atoms with Crippen molar-refractivity contribution in [2.45, 2.75) is 47.0 Å². The monoisotopic (exact) mass is 375 g/mol. The van der Waals surface area contributed by atoms with E-state index in [0.717, 1.165) is 36.3 Å². The van der Waals surface area contributed by atoms with Gasteiger partial charge in [-0.25, -0.2) is 0 Å². The van der Waals surface area contributed by atoms with Crippen molar-refractivity contribution in [3.63, 3.8) is 0 Å². The lowest BCUT2D eigenvalue weighted by Crippen LogP contribution is -2.33. The molecule has 0 saturated carbocycles. The molecule has 0 fully saturated rings. The highest BCUT2D eigenvalue weighted by Gasteiger charge is 2.38. The summed E-state index contributed by atoms with van der Waals surface area (Å²) in [6.07, 6.45) is 2.81. The number of nitrogens with zero attached hydrogens (tertiary/aromatic N) is 1. The highest BCUT2D eigenvalue weighted by Crippen LogP contribution is 2.36. The van der Waals surface area contributed by atoms with Crippen LogP contribution in [0.5, 0.6) is 0 Å². The first kappa shape index (κ1) is 20.7. The molecule has 0 aliphatic carbocycles. The molecule has 26 heavy (non-hydrogen) atoms. The number of hydrogen-bond donors (Lipinski definition) is 0. The molecule has 2 rings (SSSR count). The fourth-order valence-corrected chi connectivity index (χ4v) is 3.73. The molecule has 0 unspecified atom stereocenters. The second-order valence-electron chi connectivity index (χ2n) is 6.52. The lowest BCUT2D eigenvalue weighted by Gasteiger charge is -2.15. The molecule has 1 aliphatic rings. The molecule has 2 amide bonds. The van der Waals surface area contributed by atoms with Crippen molar-refractivity contribution in [1.82, 2.24) is 4.90 Å². The van der Waals surface area contributed by atoms with Crippen molar-refractivity contribution in [3.05, 3.63) is 39.8 Å². The number of carbonyl (C=O) groups excluding carboxylic acids is 2. The Bertz CT molecular complexity index is 696. The lowest BCUT2D eigenvalue weighted by molar-refractivity contribution is -0.136. The molecule has 4 nitrogen and oxygen atoms in total. The van der Waals surface area contributed by atoms with E-state index in [1.54, 1.807) is 0 Å². The van der Waals surface area contributed by atoms with E-state index in [0.29, 0.717) is 30.1 Å². The zero-order valence-corrected chi connectivity index (χ0v) is 17.1. The van der Waals surface area contributed by atoms with Crippen molar-refractivity contribution < 1.29 is 14.3 Å². The summed E-state index contributed by atoms with van der Waals surface area (Å²) in [7, 11) is 0. The molecule has 0 N–H and O–H groups in total. The van der Waals surface area contributed by atoms with E-state index >= 15 is 0 Å². The van der Waals surface area contributed by atoms with Crippen molar-refractivity contribution in [2.75, 3.05) is 25.5 Å². The molecule has 1 aliphatic heterocycles. The minimum atomic E-state index is -0.178. The van der Waals surface area contributed by atoms with Gasteiger partial charge in [-0.3, -0.25) is 14.5 Å². The highest BCUT2D eigenvalue weighted by atomic mass is 32.2. The summed E-state index contributed by atoms with van der Waals surface area (Å²) < 4.78 is 5.55. The molecule has 1 aromatic carbocycles. The van der Waals surface area contributed by atoms with Gasteiger partial charge in [0.15, 0.2) is 0 Å². The summed E-state index contributed by atoms with van der Waals surface area (Å²) in [5, 5.41) is 0. The third-order valence-corrected chi connectivity index (χ3v) is 5.48. The molecule has 5 heteroatoms. The van der Waals surface area contributed by atoms with Crippen LogP contribution in [0.3, 0.4) is 0 Å². The van der Waals surface area contributed by atoms with Crippen LogP contribution in [0.4, 0.5) is 0 Å². The van der Waals surface area contributed by atoms with Gasteiger partial charge < -0.3 is 4.74 Å². The molecule has 1 aromatic rings. The molecule has 0 radical (unpaired) electrons. The maximum atomic E-state index is 13.0. The van der Waals surface area contributed by atoms with Crippen LogP contribution in [0.25, 0.3) is 5.57 Å². The Hall–Kier alpha value is -1.59. The largest absolute Gasteiger partial charge is 0.381 e. The van der Waals surface area contributed by atoms with Crippen molar-refractivity contribution >= 4 is 29.1 Å². The Kier molecular flexibility index (Phi) is 7.91. The second kappa shape index (κ2) is 9.93. The third-order valence-electron chi connectivity index (χ3n) is 4.52. The minimum absolute atomic E-state index is 0.163.